The van der Waals surface area contributed by atoms with E-state index in [0.717, 1.165) is 22.9 Å². The molecule has 1 aliphatic rings. The van der Waals surface area contributed by atoms with Gasteiger partial charge in [0.2, 0.25) is 5.88 Å². The number of aromatic nitrogens is 1. The number of carbonyl (C=O) groups excluding carboxylic acids is 3. The van der Waals surface area contributed by atoms with Gasteiger partial charge in [0.25, 0.3) is 16.8 Å². The lowest BCUT2D eigenvalue weighted by atomic mass is 10.1. The normalized spacial score (nSPS) is 14.3. The zero-order valence-corrected chi connectivity index (χ0v) is 20.1. The van der Waals surface area contributed by atoms with Crippen LogP contribution in [0.2, 0.25) is 5.02 Å². The van der Waals surface area contributed by atoms with Crippen LogP contribution in [0.5, 0.6) is 17.4 Å². The van der Waals surface area contributed by atoms with E-state index in [4.69, 9.17) is 21.1 Å². The first-order valence-electron chi connectivity index (χ1n) is 10.3. The summed E-state index contributed by atoms with van der Waals surface area (Å²) in [6, 6.07) is 13.6. The zero-order valence-electron chi connectivity index (χ0n) is 18.5. The maximum Gasteiger partial charge on any atom is 0.293 e. The number of ketones is 1. The summed E-state index contributed by atoms with van der Waals surface area (Å²) in [5.41, 5.74) is 0.712. The Morgan fingerprint density at radius 2 is 1.89 bits per heavy atom. The highest BCUT2D eigenvalue weighted by atomic mass is 35.5. The molecule has 12 heteroatoms. The molecular formula is C24H16ClN3O7S. The summed E-state index contributed by atoms with van der Waals surface area (Å²) >= 11 is 6.56. The van der Waals surface area contributed by atoms with E-state index < -0.39 is 21.9 Å². The van der Waals surface area contributed by atoms with Crippen molar-refractivity contribution < 1.29 is 28.8 Å². The third-order valence-electron chi connectivity index (χ3n) is 4.97. The van der Waals surface area contributed by atoms with E-state index in [9.17, 15) is 24.5 Å². The first-order valence-corrected chi connectivity index (χ1v) is 11.4. The monoisotopic (exact) mass is 525 g/mol. The largest absolute Gasteiger partial charge is 0.493 e. The van der Waals surface area contributed by atoms with Crippen molar-refractivity contribution >= 4 is 52.1 Å². The van der Waals surface area contributed by atoms with Gasteiger partial charge in [0.15, 0.2) is 17.3 Å². The molecule has 2 aromatic carbocycles. The highest BCUT2D eigenvalue weighted by Gasteiger charge is 2.36. The standard InChI is InChI=1S/C24H16ClN3O7S/c1-34-20-10-14(2-8-19(20)35-22-9-7-17(12-26-22)28(32)33)11-21-23(30)27(24(31)36-21)13-18(29)15-3-5-16(25)6-4-15/h2-12H,13H2,1H3/b21-11+. The number of Topliss-reactive ketones (excluding diaryl/α,β-unsaturated/α-hetero) is 1. The molecule has 0 bridgehead atoms. The third-order valence-corrected chi connectivity index (χ3v) is 6.13. The number of amides is 2. The molecule has 1 aliphatic heterocycles. The van der Waals surface area contributed by atoms with Gasteiger partial charge < -0.3 is 9.47 Å². The van der Waals surface area contributed by atoms with Crippen LogP contribution in [-0.2, 0) is 4.79 Å². The second kappa shape index (κ2) is 10.6. The van der Waals surface area contributed by atoms with E-state index in [0.29, 0.717) is 21.9 Å². The van der Waals surface area contributed by atoms with Gasteiger partial charge >= 0.3 is 0 Å². The SMILES string of the molecule is COc1cc(/C=C2/SC(=O)N(CC(=O)c3ccc(Cl)cc3)C2=O)ccc1Oc1ccc([N+](=O)[O-])cn1. The number of ether oxygens (including phenoxy) is 2. The Morgan fingerprint density at radius 1 is 1.14 bits per heavy atom. The van der Waals surface area contributed by atoms with Crippen LogP contribution in [0.15, 0.2) is 65.7 Å². The van der Waals surface area contributed by atoms with Gasteiger partial charge in [0.1, 0.15) is 6.20 Å². The van der Waals surface area contributed by atoms with E-state index in [1.807, 2.05) is 0 Å². The predicted molar refractivity (Wildman–Crippen MR) is 132 cm³/mol. The van der Waals surface area contributed by atoms with Crippen LogP contribution in [0.25, 0.3) is 6.08 Å². The molecule has 10 nitrogen and oxygen atoms in total. The Morgan fingerprint density at radius 3 is 2.53 bits per heavy atom. The van der Waals surface area contributed by atoms with Crippen LogP contribution in [0, 0.1) is 10.1 Å². The molecule has 2 heterocycles. The minimum Gasteiger partial charge on any atom is -0.493 e. The van der Waals surface area contributed by atoms with Crippen molar-refractivity contribution in [1.82, 2.24) is 9.88 Å². The minimum atomic E-state index is -0.582. The Hall–Kier alpha value is -4.22. The van der Waals surface area contributed by atoms with Gasteiger partial charge in [-0.2, -0.15) is 0 Å². The lowest BCUT2D eigenvalue weighted by Crippen LogP contribution is -2.33. The second-order valence-electron chi connectivity index (χ2n) is 7.32. The molecule has 0 saturated carbocycles. The summed E-state index contributed by atoms with van der Waals surface area (Å²) in [5.74, 6) is -0.253. The molecule has 0 spiro atoms. The lowest BCUT2D eigenvalue weighted by Gasteiger charge is -2.11. The maximum atomic E-state index is 12.8. The van der Waals surface area contributed by atoms with E-state index in [1.165, 1.54) is 37.5 Å². The van der Waals surface area contributed by atoms with Crippen molar-refractivity contribution in [2.24, 2.45) is 0 Å². The fourth-order valence-corrected chi connectivity index (χ4v) is 4.13. The topological polar surface area (TPSA) is 129 Å². The molecular weight excluding hydrogens is 510 g/mol. The number of halogens is 1. The van der Waals surface area contributed by atoms with E-state index in [-0.39, 0.29) is 28.8 Å². The molecule has 1 fully saturated rings. The molecule has 1 saturated heterocycles. The second-order valence-corrected chi connectivity index (χ2v) is 8.75. The molecule has 0 unspecified atom stereocenters. The summed E-state index contributed by atoms with van der Waals surface area (Å²) < 4.78 is 11.0. The van der Waals surface area contributed by atoms with Crippen LogP contribution in [0.3, 0.4) is 0 Å². The number of carbonyl (C=O) groups is 3. The van der Waals surface area contributed by atoms with E-state index in [1.54, 1.807) is 30.3 Å². The smallest absolute Gasteiger partial charge is 0.293 e. The average molecular weight is 526 g/mol. The molecule has 182 valence electrons. The van der Waals surface area contributed by atoms with E-state index in [2.05, 4.69) is 4.98 Å². The van der Waals surface area contributed by atoms with Crippen molar-refractivity contribution in [3.63, 3.8) is 0 Å². The molecule has 0 atom stereocenters. The van der Waals surface area contributed by atoms with Gasteiger partial charge in [0.05, 0.1) is 23.5 Å². The molecule has 0 N–H and O–H groups in total. The number of hydrogen-bond acceptors (Lipinski definition) is 9. The van der Waals surface area contributed by atoms with Gasteiger partial charge in [-0.05, 0) is 59.8 Å². The molecule has 0 radical (unpaired) electrons. The Labute approximate surface area is 213 Å². The number of pyridine rings is 1. The van der Waals surface area contributed by atoms with E-state index >= 15 is 0 Å². The quantitative estimate of drug-likeness (QED) is 0.165. The number of methoxy groups -OCH3 is 1. The Balaban J connectivity index is 1.49. The van der Waals surface area contributed by atoms with Gasteiger partial charge in [-0.3, -0.25) is 29.4 Å². The number of thioether (sulfide) groups is 1. The number of hydrogen-bond donors (Lipinski definition) is 0. The molecule has 3 aromatic rings. The van der Waals surface area contributed by atoms with Gasteiger partial charge in [-0.1, -0.05) is 17.7 Å². The van der Waals surface area contributed by atoms with Crippen molar-refractivity contribution in [1.29, 1.82) is 0 Å². The van der Waals surface area contributed by atoms with Crippen LogP contribution in [0.4, 0.5) is 10.5 Å². The van der Waals surface area contributed by atoms with Crippen LogP contribution in [0.1, 0.15) is 15.9 Å². The predicted octanol–water partition coefficient (Wildman–Crippen LogP) is 5.36. The van der Waals surface area contributed by atoms with Gasteiger partial charge in [0, 0.05) is 22.7 Å². The first-order chi connectivity index (χ1) is 17.2. The molecule has 1 aromatic heterocycles. The highest BCUT2D eigenvalue weighted by molar-refractivity contribution is 8.18. The highest BCUT2D eigenvalue weighted by Crippen LogP contribution is 2.36. The summed E-state index contributed by atoms with van der Waals surface area (Å²) in [7, 11) is 1.42. The fourth-order valence-electron chi connectivity index (χ4n) is 3.17. The summed E-state index contributed by atoms with van der Waals surface area (Å²) in [4.78, 5) is 52.9. The Kier molecular flexibility index (Phi) is 7.32. The summed E-state index contributed by atoms with van der Waals surface area (Å²) in [6.45, 7) is -0.387. The van der Waals surface area contributed by atoms with Crippen molar-refractivity contribution in [2.45, 2.75) is 0 Å². The summed E-state index contributed by atoms with van der Waals surface area (Å²) in [6.07, 6.45) is 2.58. The number of nitrogens with zero attached hydrogens (tertiary/aromatic N) is 3. The fraction of sp³-hybridized carbons (Fsp3) is 0.0833. The Bertz CT molecular complexity index is 1390. The van der Waals surface area contributed by atoms with Gasteiger partial charge in [-0.25, -0.2) is 4.98 Å². The van der Waals surface area contributed by atoms with Gasteiger partial charge in [-0.15, -0.1) is 0 Å². The summed E-state index contributed by atoms with van der Waals surface area (Å²) in [5, 5.41) is 10.7. The lowest BCUT2D eigenvalue weighted by molar-refractivity contribution is -0.385. The van der Waals surface area contributed by atoms with Crippen LogP contribution >= 0.6 is 23.4 Å². The molecule has 0 aliphatic carbocycles. The van der Waals surface area contributed by atoms with Crippen molar-refractivity contribution in [3.8, 4) is 17.4 Å². The maximum absolute atomic E-state index is 12.8. The van der Waals surface area contributed by atoms with Crippen molar-refractivity contribution in [2.75, 3.05) is 13.7 Å². The van der Waals surface area contributed by atoms with Crippen LogP contribution in [-0.4, -0.2) is 45.4 Å². The molecule has 4 rings (SSSR count). The van der Waals surface area contributed by atoms with Crippen LogP contribution < -0.4 is 9.47 Å². The number of rotatable bonds is 8. The number of benzene rings is 2. The molecule has 36 heavy (non-hydrogen) atoms. The number of imide groups is 1. The zero-order chi connectivity index (χ0) is 25.8. The van der Waals surface area contributed by atoms with Crippen molar-refractivity contribution in [3.05, 3.63) is 92.0 Å². The third kappa shape index (κ3) is 5.53. The number of nitro groups is 1. The first kappa shape index (κ1) is 24.9. The molecule has 2 amide bonds. The minimum absolute atomic E-state index is 0.123. The average Bonchev–Trinajstić information content (AvgIpc) is 3.12.